The van der Waals surface area contributed by atoms with E-state index in [1.54, 1.807) is 6.92 Å². The smallest absolute Gasteiger partial charge is 0.288 e. The summed E-state index contributed by atoms with van der Waals surface area (Å²) in [5, 5.41) is 19.6. The van der Waals surface area contributed by atoms with E-state index in [1.165, 1.54) is 6.20 Å². The van der Waals surface area contributed by atoms with E-state index in [9.17, 15) is 24.2 Å². The Morgan fingerprint density at radius 1 is 1.33 bits per heavy atom. The lowest BCUT2D eigenvalue weighted by atomic mass is 10.0. The highest BCUT2D eigenvalue weighted by Gasteiger charge is 2.42. The van der Waals surface area contributed by atoms with E-state index >= 15 is 0 Å². The summed E-state index contributed by atoms with van der Waals surface area (Å²) in [6.07, 6.45) is -2.07. The van der Waals surface area contributed by atoms with Crippen LogP contribution in [0.25, 0.3) is 5.78 Å². The Morgan fingerprint density at radius 3 is 2.67 bits per heavy atom. The van der Waals surface area contributed by atoms with Crippen molar-refractivity contribution < 1.29 is 19.3 Å². The quantitative estimate of drug-likeness (QED) is 0.602. The lowest BCUT2D eigenvalue weighted by Gasteiger charge is -2.14. The van der Waals surface area contributed by atoms with E-state index in [2.05, 4.69) is 9.97 Å². The zero-order valence-electron chi connectivity index (χ0n) is 10.9. The third kappa shape index (κ3) is 2.15. The number of halogens is 1. The summed E-state index contributed by atoms with van der Waals surface area (Å²) in [4.78, 5) is 28.8. The molecular formula is C12H12FN3O5. The molecule has 9 heteroatoms. The lowest BCUT2D eigenvalue weighted by Crippen LogP contribution is -2.31. The number of aliphatic hydroxyl groups excluding tert-OH is 2. The molecule has 2 aromatic heterocycles. The normalized spacial score (nSPS) is 29.1. The maximum absolute atomic E-state index is 13.3. The Hall–Kier alpha value is -2.10. The summed E-state index contributed by atoms with van der Waals surface area (Å²) >= 11 is 0. The average molecular weight is 297 g/mol. The van der Waals surface area contributed by atoms with Crippen LogP contribution >= 0.6 is 0 Å². The van der Waals surface area contributed by atoms with Crippen LogP contribution in [-0.4, -0.2) is 42.9 Å². The lowest BCUT2D eigenvalue weighted by molar-refractivity contribution is 0.0140. The van der Waals surface area contributed by atoms with Crippen molar-refractivity contribution in [3.05, 3.63) is 44.5 Å². The van der Waals surface area contributed by atoms with Gasteiger partial charge in [-0.15, -0.1) is 0 Å². The van der Waals surface area contributed by atoms with Crippen LogP contribution in [0.15, 0.2) is 22.0 Å². The number of rotatable bonds is 1. The fraction of sp³-hybridized carbons (Fsp3) is 0.417. The molecule has 0 radical (unpaired) electrons. The molecule has 1 unspecified atom stereocenters. The van der Waals surface area contributed by atoms with Crippen LogP contribution in [0.3, 0.4) is 0 Å². The molecule has 0 aromatic carbocycles. The predicted octanol–water partition coefficient (Wildman–Crippen LogP) is -1.30. The molecule has 0 amide bonds. The van der Waals surface area contributed by atoms with Gasteiger partial charge >= 0.3 is 0 Å². The van der Waals surface area contributed by atoms with Crippen molar-refractivity contribution in [2.45, 2.75) is 31.3 Å². The van der Waals surface area contributed by atoms with Crippen molar-refractivity contribution >= 4 is 5.78 Å². The summed E-state index contributed by atoms with van der Waals surface area (Å²) in [5.74, 6) is -1.17. The van der Waals surface area contributed by atoms with Gasteiger partial charge in [0.2, 0.25) is 11.6 Å². The maximum atomic E-state index is 13.3. The molecule has 1 aliphatic heterocycles. The molecule has 21 heavy (non-hydrogen) atoms. The number of hydrogen-bond acceptors (Lipinski definition) is 6. The number of nitrogens with zero attached hydrogens (tertiary/aromatic N) is 2. The van der Waals surface area contributed by atoms with Gasteiger partial charge in [-0.05, 0) is 6.92 Å². The second-order valence-corrected chi connectivity index (χ2v) is 4.91. The van der Waals surface area contributed by atoms with Crippen LogP contribution in [0, 0.1) is 5.82 Å². The van der Waals surface area contributed by atoms with Gasteiger partial charge in [-0.25, -0.2) is 0 Å². The SMILES string of the molecule is C[C@H]1O[C@@H](c2cn3cc(F)c(=O)[nH]c3nc2=O)[C@@H](O)C1O. The number of H-pyrrole nitrogens is 1. The summed E-state index contributed by atoms with van der Waals surface area (Å²) < 4.78 is 19.7. The standard InChI is InChI=1S/C12H12FN3O5/c1-4-7(17)8(18)9(21-4)5-2-16-3-6(13)11(20)15-12(16)14-10(5)19/h2-4,7-9,17-18H,1H3,(H,14,15,19,20)/t4-,7?,8+,9+/m1/s1. The molecule has 1 saturated heterocycles. The summed E-state index contributed by atoms with van der Waals surface area (Å²) in [6.45, 7) is 1.55. The van der Waals surface area contributed by atoms with E-state index < -0.39 is 41.4 Å². The van der Waals surface area contributed by atoms with Crippen LogP contribution in [0.5, 0.6) is 0 Å². The van der Waals surface area contributed by atoms with E-state index in [0.29, 0.717) is 0 Å². The van der Waals surface area contributed by atoms with Gasteiger partial charge in [-0.2, -0.15) is 9.37 Å². The van der Waals surface area contributed by atoms with E-state index in [-0.39, 0.29) is 11.3 Å². The first-order chi connectivity index (χ1) is 9.88. The van der Waals surface area contributed by atoms with Gasteiger partial charge < -0.3 is 14.9 Å². The van der Waals surface area contributed by atoms with Crippen LogP contribution in [0.2, 0.25) is 0 Å². The minimum Gasteiger partial charge on any atom is -0.388 e. The molecule has 112 valence electrons. The molecule has 3 rings (SSSR count). The number of hydrogen-bond donors (Lipinski definition) is 3. The highest BCUT2D eigenvalue weighted by atomic mass is 19.1. The average Bonchev–Trinajstić information content (AvgIpc) is 2.68. The summed E-state index contributed by atoms with van der Waals surface area (Å²) in [5.41, 5.74) is -1.76. The molecule has 3 heterocycles. The number of fused-ring (bicyclic) bond motifs is 1. The minimum atomic E-state index is -1.29. The molecule has 0 saturated carbocycles. The van der Waals surface area contributed by atoms with Crippen molar-refractivity contribution in [3.8, 4) is 0 Å². The molecule has 0 aliphatic carbocycles. The Balaban J connectivity index is 2.16. The van der Waals surface area contributed by atoms with Crippen molar-refractivity contribution in [1.29, 1.82) is 0 Å². The van der Waals surface area contributed by atoms with E-state index in [0.717, 1.165) is 10.6 Å². The van der Waals surface area contributed by atoms with E-state index in [4.69, 9.17) is 4.74 Å². The van der Waals surface area contributed by atoms with Gasteiger partial charge in [0.05, 0.1) is 17.9 Å². The fourth-order valence-electron chi connectivity index (χ4n) is 2.32. The molecule has 0 bridgehead atoms. The largest absolute Gasteiger partial charge is 0.388 e. The van der Waals surface area contributed by atoms with Crippen molar-refractivity contribution in [1.82, 2.24) is 14.4 Å². The first-order valence-electron chi connectivity index (χ1n) is 6.22. The van der Waals surface area contributed by atoms with Crippen LogP contribution in [-0.2, 0) is 4.74 Å². The zero-order chi connectivity index (χ0) is 15.3. The second-order valence-electron chi connectivity index (χ2n) is 4.91. The third-order valence-corrected chi connectivity index (χ3v) is 3.48. The topological polar surface area (TPSA) is 117 Å². The fourth-order valence-corrected chi connectivity index (χ4v) is 2.32. The molecule has 1 fully saturated rings. The number of nitrogens with one attached hydrogen (secondary N) is 1. The van der Waals surface area contributed by atoms with Crippen LogP contribution < -0.4 is 11.1 Å². The third-order valence-electron chi connectivity index (χ3n) is 3.48. The van der Waals surface area contributed by atoms with Crippen LogP contribution in [0.1, 0.15) is 18.6 Å². The maximum Gasteiger partial charge on any atom is 0.288 e. The molecule has 8 nitrogen and oxygen atoms in total. The first kappa shape index (κ1) is 13.9. The number of aromatic amines is 1. The molecule has 2 aromatic rings. The molecule has 4 atom stereocenters. The Morgan fingerprint density at radius 2 is 2.05 bits per heavy atom. The summed E-state index contributed by atoms with van der Waals surface area (Å²) in [6, 6.07) is 0. The Bertz CT molecular complexity index is 817. The molecule has 1 aliphatic rings. The second kappa shape index (κ2) is 4.72. The molecule has 0 spiro atoms. The monoisotopic (exact) mass is 297 g/mol. The van der Waals surface area contributed by atoms with Gasteiger partial charge in [0.15, 0.2) is 0 Å². The zero-order valence-corrected chi connectivity index (χ0v) is 10.9. The Kier molecular flexibility index (Phi) is 3.12. The van der Waals surface area contributed by atoms with Crippen LogP contribution in [0.4, 0.5) is 4.39 Å². The molecular weight excluding hydrogens is 285 g/mol. The Labute approximate surface area is 116 Å². The van der Waals surface area contributed by atoms with Crippen molar-refractivity contribution in [2.75, 3.05) is 0 Å². The summed E-state index contributed by atoms with van der Waals surface area (Å²) in [7, 11) is 0. The highest BCUT2D eigenvalue weighted by molar-refractivity contribution is 5.29. The number of aromatic nitrogens is 3. The number of ether oxygens (including phenoxy) is 1. The van der Waals surface area contributed by atoms with E-state index in [1.807, 2.05) is 0 Å². The first-order valence-corrected chi connectivity index (χ1v) is 6.22. The molecule has 3 N–H and O–H groups in total. The van der Waals surface area contributed by atoms with Gasteiger partial charge in [-0.3, -0.25) is 19.0 Å². The van der Waals surface area contributed by atoms with Gasteiger partial charge in [0.25, 0.3) is 11.1 Å². The predicted molar refractivity (Wildman–Crippen MR) is 67.3 cm³/mol. The van der Waals surface area contributed by atoms with Gasteiger partial charge in [0.1, 0.15) is 18.3 Å². The number of aliphatic hydroxyl groups is 2. The minimum absolute atomic E-state index is 0.0325. The van der Waals surface area contributed by atoms with Gasteiger partial charge in [-0.1, -0.05) is 0 Å². The van der Waals surface area contributed by atoms with Crippen molar-refractivity contribution in [2.24, 2.45) is 0 Å². The van der Waals surface area contributed by atoms with Crippen molar-refractivity contribution in [3.63, 3.8) is 0 Å². The highest BCUT2D eigenvalue weighted by Crippen LogP contribution is 2.31. The van der Waals surface area contributed by atoms with Gasteiger partial charge in [0, 0.05) is 6.20 Å².